The molecule has 2 aromatic carbocycles. The molecule has 2 aromatic rings. The minimum atomic E-state index is -0.973. The quantitative estimate of drug-likeness (QED) is 0.713. The van der Waals surface area contributed by atoms with Gasteiger partial charge in [0.15, 0.2) is 11.5 Å². The first-order chi connectivity index (χ1) is 12.5. The normalized spacial score (nSPS) is 11.4. The van der Waals surface area contributed by atoms with Gasteiger partial charge in [0.25, 0.3) is 5.91 Å². The van der Waals surface area contributed by atoms with Gasteiger partial charge in [0.2, 0.25) is 6.10 Å². The molecule has 6 nitrogen and oxygen atoms in total. The second-order valence-electron chi connectivity index (χ2n) is 5.88. The topological polar surface area (TPSA) is 65.1 Å². The van der Waals surface area contributed by atoms with E-state index >= 15 is 0 Å². The SMILES string of the molecule is COc1ccc(CC(=O)O[C@@H](C(=O)N(C)C)c2ccccc2)cc1OC. The van der Waals surface area contributed by atoms with Crippen LogP contribution in [0.2, 0.25) is 0 Å². The van der Waals surface area contributed by atoms with Crippen molar-refractivity contribution in [2.75, 3.05) is 28.3 Å². The number of hydrogen-bond donors (Lipinski definition) is 0. The monoisotopic (exact) mass is 357 g/mol. The van der Waals surface area contributed by atoms with Gasteiger partial charge in [0.05, 0.1) is 20.6 Å². The summed E-state index contributed by atoms with van der Waals surface area (Å²) in [7, 11) is 6.32. The zero-order valence-electron chi connectivity index (χ0n) is 15.4. The Kier molecular flexibility index (Phi) is 6.60. The van der Waals surface area contributed by atoms with Crippen LogP contribution in [0.4, 0.5) is 0 Å². The van der Waals surface area contributed by atoms with Crippen LogP contribution in [0.1, 0.15) is 17.2 Å². The van der Waals surface area contributed by atoms with Crippen molar-refractivity contribution in [3.63, 3.8) is 0 Å². The fraction of sp³-hybridized carbons (Fsp3) is 0.300. The van der Waals surface area contributed by atoms with E-state index in [-0.39, 0.29) is 12.3 Å². The summed E-state index contributed by atoms with van der Waals surface area (Å²) < 4.78 is 15.9. The second kappa shape index (κ2) is 8.89. The number of esters is 1. The summed E-state index contributed by atoms with van der Waals surface area (Å²) in [6.07, 6.45) is -0.955. The Bertz CT molecular complexity index is 758. The first kappa shape index (κ1) is 19.3. The molecule has 138 valence electrons. The Hall–Kier alpha value is -3.02. The van der Waals surface area contributed by atoms with E-state index in [1.807, 2.05) is 6.07 Å². The molecule has 0 aromatic heterocycles. The summed E-state index contributed by atoms with van der Waals surface area (Å²) in [6.45, 7) is 0. The number of benzene rings is 2. The Balaban J connectivity index is 2.16. The van der Waals surface area contributed by atoms with Crippen LogP contribution < -0.4 is 9.47 Å². The van der Waals surface area contributed by atoms with Crippen molar-refractivity contribution in [1.82, 2.24) is 4.90 Å². The third-order valence-electron chi connectivity index (χ3n) is 3.81. The molecule has 26 heavy (non-hydrogen) atoms. The van der Waals surface area contributed by atoms with E-state index in [0.29, 0.717) is 22.6 Å². The molecule has 0 unspecified atom stereocenters. The van der Waals surface area contributed by atoms with E-state index in [9.17, 15) is 9.59 Å². The Morgan fingerprint density at radius 2 is 1.62 bits per heavy atom. The molecule has 1 amide bonds. The van der Waals surface area contributed by atoms with Crippen molar-refractivity contribution in [1.29, 1.82) is 0 Å². The van der Waals surface area contributed by atoms with E-state index in [2.05, 4.69) is 0 Å². The minimum absolute atomic E-state index is 0.0183. The van der Waals surface area contributed by atoms with Gasteiger partial charge in [0, 0.05) is 19.7 Å². The molecule has 0 fully saturated rings. The van der Waals surface area contributed by atoms with Gasteiger partial charge in [-0.3, -0.25) is 9.59 Å². The van der Waals surface area contributed by atoms with Crippen molar-refractivity contribution in [2.24, 2.45) is 0 Å². The van der Waals surface area contributed by atoms with E-state index in [4.69, 9.17) is 14.2 Å². The van der Waals surface area contributed by atoms with Gasteiger partial charge >= 0.3 is 5.97 Å². The first-order valence-corrected chi connectivity index (χ1v) is 8.12. The van der Waals surface area contributed by atoms with E-state index in [1.54, 1.807) is 63.7 Å². The maximum atomic E-state index is 12.4. The van der Waals surface area contributed by atoms with Crippen LogP contribution in [0.25, 0.3) is 0 Å². The molecule has 0 spiro atoms. The van der Waals surface area contributed by atoms with Gasteiger partial charge in [-0.1, -0.05) is 36.4 Å². The van der Waals surface area contributed by atoms with Crippen LogP contribution in [0.15, 0.2) is 48.5 Å². The average molecular weight is 357 g/mol. The second-order valence-corrected chi connectivity index (χ2v) is 5.88. The molecule has 2 rings (SSSR count). The molecule has 0 saturated heterocycles. The van der Waals surface area contributed by atoms with E-state index in [1.165, 1.54) is 12.0 Å². The number of hydrogen-bond acceptors (Lipinski definition) is 5. The highest BCUT2D eigenvalue weighted by Gasteiger charge is 2.26. The summed E-state index contributed by atoms with van der Waals surface area (Å²) in [6, 6.07) is 14.2. The highest BCUT2D eigenvalue weighted by atomic mass is 16.5. The standard InChI is InChI=1S/C20H23NO5/c1-21(2)20(23)19(15-8-6-5-7-9-15)26-18(22)13-14-10-11-16(24-3)17(12-14)25-4/h5-12,19H,13H2,1-4H3/t19-/m1/s1. The highest BCUT2D eigenvalue weighted by molar-refractivity contribution is 5.85. The number of methoxy groups -OCH3 is 2. The molecule has 0 heterocycles. The van der Waals surface area contributed by atoms with Crippen LogP contribution in [0.3, 0.4) is 0 Å². The van der Waals surface area contributed by atoms with Crippen LogP contribution in [-0.4, -0.2) is 45.1 Å². The fourth-order valence-corrected chi connectivity index (χ4v) is 2.45. The molecule has 0 N–H and O–H groups in total. The predicted octanol–water partition coefficient (Wildman–Crippen LogP) is 2.62. The van der Waals surface area contributed by atoms with Crippen LogP contribution in [0.5, 0.6) is 11.5 Å². The zero-order chi connectivity index (χ0) is 19.1. The van der Waals surface area contributed by atoms with Gasteiger partial charge in [-0.25, -0.2) is 0 Å². The average Bonchev–Trinajstić information content (AvgIpc) is 2.66. The molecule has 0 aliphatic carbocycles. The summed E-state index contributed by atoms with van der Waals surface area (Å²) in [4.78, 5) is 26.2. The molecule has 0 aliphatic heterocycles. The van der Waals surface area contributed by atoms with Gasteiger partial charge in [-0.05, 0) is 17.7 Å². The smallest absolute Gasteiger partial charge is 0.311 e. The lowest BCUT2D eigenvalue weighted by Crippen LogP contribution is -2.31. The van der Waals surface area contributed by atoms with Crippen LogP contribution in [-0.2, 0) is 20.7 Å². The van der Waals surface area contributed by atoms with Crippen molar-refractivity contribution in [3.05, 3.63) is 59.7 Å². The van der Waals surface area contributed by atoms with Gasteiger partial charge in [-0.15, -0.1) is 0 Å². The third kappa shape index (κ3) is 4.75. The summed E-state index contributed by atoms with van der Waals surface area (Å²) in [5.41, 5.74) is 1.34. The molecule has 0 radical (unpaired) electrons. The number of likely N-dealkylation sites (N-methyl/N-ethyl adjacent to an activating group) is 1. The van der Waals surface area contributed by atoms with E-state index < -0.39 is 12.1 Å². The Morgan fingerprint density at radius 1 is 0.962 bits per heavy atom. The maximum Gasteiger partial charge on any atom is 0.311 e. The number of nitrogens with zero attached hydrogens (tertiary/aromatic N) is 1. The van der Waals surface area contributed by atoms with Gasteiger partial charge in [0.1, 0.15) is 0 Å². The first-order valence-electron chi connectivity index (χ1n) is 8.12. The number of amides is 1. The van der Waals surface area contributed by atoms with Gasteiger partial charge < -0.3 is 19.1 Å². The lowest BCUT2D eigenvalue weighted by atomic mass is 10.1. The molecule has 0 saturated carbocycles. The number of carbonyl (C=O) groups excluding carboxylic acids is 2. The molecule has 0 bridgehead atoms. The van der Waals surface area contributed by atoms with Crippen LogP contribution >= 0.6 is 0 Å². The minimum Gasteiger partial charge on any atom is -0.493 e. The summed E-state index contributed by atoms with van der Waals surface area (Å²) in [5.74, 6) is 0.314. The van der Waals surface area contributed by atoms with Crippen molar-refractivity contribution in [3.8, 4) is 11.5 Å². The lowest BCUT2D eigenvalue weighted by molar-refractivity contribution is -0.159. The van der Waals surface area contributed by atoms with Crippen molar-refractivity contribution < 1.29 is 23.8 Å². The molecule has 6 heteroatoms. The number of carbonyl (C=O) groups is 2. The number of ether oxygens (including phenoxy) is 3. The van der Waals surface area contributed by atoms with Crippen molar-refractivity contribution in [2.45, 2.75) is 12.5 Å². The predicted molar refractivity (Wildman–Crippen MR) is 97.2 cm³/mol. The largest absolute Gasteiger partial charge is 0.493 e. The highest BCUT2D eigenvalue weighted by Crippen LogP contribution is 2.28. The lowest BCUT2D eigenvalue weighted by Gasteiger charge is -2.21. The molecule has 0 aliphatic rings. The molecule has 1 atom stereocenters. The zero-order valence-corrected chi connectivity index (χ0v) is 15.4. The number of rotatable bonds is 7. The Labute approximate surface area is 153 Å². The molecular formula is C20H23NO5. The summed E-state index contributed by atoms with van der Waals surface area (Å²) in [5, 5.41) is 0. The fourth-order valence-electron chi connectivity index (χ4n) is 2.45. The van der Waals surface area contributed by atoms with Crippen LogP contribution in [0, 0.1) is 0 Å². The Morgan fingerprint density at radius 3 is 2.19 bits per heavy atom. The molecular weight excluding hydrogens is 334 g/mol. The van der Waals surface area contributed by atoms with Gasteiger partial charge in [-0.2, -0.15) is 0 Å². The maximum absolute atomic E-state index is 12.4. The van der Waals surface area contributed by atoms with E-state index in [0.717, 1.165) is 0 Å². The van der Waals surface area contributed by atoms with Crippen molar-refractivity contribution >= 4 is 11.9 Å². The third-order valence-corrected chi connectivity index (χ3v) is 3.81. The summed E-state index contributed by atoms with van der Waals surface area (Å²) >= 11 is 0.